The molecule has 0 bridgehead atoms. The molecule has 0 spiro atoms. The molecule has 0 aliphatic carbocycles. The van der Waals surface area contributed by atoms with Crippen molar-refractivity contribution in [1.82, 2.24) is 0 Å². The van der Waals surface area contributed by atoms with Crippen molar-refractivity contribution >= 4 is 44.7 Å². The molecule has 0 aromatic rings. The Morgan fingerprint density at radius 1 is 0.636 bits per heavy atom. The molecule has 0 aromatic heterocycles. The van der Waals surface area contributed by atoms with Crippen molar-refractivity contribution in [1.29, 1.82) is 0 Å². The first kappa shape index (κ1) is 17.6. The molecule has 0 fully saturated rings. The van der Waals surface area contributed by atoms with E-state index in [1.54, 1.807) is 0 Å². The zero-order valence-corrected chi connectivity index (χ0v) is 10.6. The molecule has 8 nitrogen and oxygen atoms in total. The van der Waals surface area contributed by atoms with Gasteiger partial charge in [0.2, 0.25) is 0 Å². The molecule has 11 heavy (non-hydrogen) atoms. The summed E-state index contributed by atoms with van der Waals surface area (Å²) in [5.74, 6) is 0. The molecule has 0 amide bonds. The van der Waals surface area contributed by atoms with E-state index < -0.39 is 20.8 Å². The van der Waals surface area contributed by atoms with E-state index in [0.29, 0.717) is 0 Å². The first-order chi connectivity index (χ1) is 4.00. The van der Waals surface area contributed by atoms with Crippen molar-refractivity contribution in [3.8, 4) is 0 Å². The summed E-state index contributed by atoms with van der Waals surface area (Å²) in [4.78, 5) is 0. The zero-order chi connectivity index (χ0) is 9.00. The van der Waals surface area contributed by atoms with Gasteiger partial charge in [-0.3, -0.25) is 18.2 Å². The molecule has 0 saturated heterocycles. The first-order valence-corrected chi connectivity index (χ1v) is 4.19. The van der Waals surface area contributed by atoms with Crippen LogP contribution in [0.1, 0.15) is 0 Å². The molecule has 70 valence electrons. The molecule has 11 heteroatoms. The van der Waals surface area contributed by atoms with E-state index in [9.17, 15) is 0 Å². The second kappa shape index (κ2) is 6.10. The molecule has 0 saturated carbocycles. The standard InChI is InChI=1S/2H2O4S.Sn.2H/c2*1-5(2,3)4;;;/h2*(H2,1,2,3,4);;;. The van der Waals surface area contributed by atoms with Crippen LogP contribution in [0, 0.1) is 0 Å². The van der Waals surface area contributed by atoms with E-state index >= 15 is 0 Å². The van der Waals surface area contributed by atoms with Gasteiger partial charge in [0.05, 0.1) is 0 Å². The summed E-state index contributed by atoms with van der Waals surface area (Å²) in [7, 11) is -9.33. The van der Waals surface area contributed by atoms with Gasteiger partial charge in [-0.25, -0.2) is 0 Å². The van der Waals surface area contributed by atoms with Crippen molar-refractivity contribution in [2.24, 2.45) is 0 Å². The first-order valence-electron chi connectivity index (χ1n) is 1.40. The Morgan fingerprint density at radius 2 is 0.636 bits per heavy atom. The van der Waals surface area contributed by atoms with Gasteiger partial charge in [0, 0.05) is 0 Å². The fraction of sp³-hybridized carbons (Fsp3) is 0. The summed E-state index contributed by atoms with van der Waals surface area (Å²) in [5.41, 5.74) is 0. The SMILES string of the molecule is O=S(=O)(O)O.O=S(=O)(O)O.[SnH2]. The molecular weight excluding hydrogens is 311 g/mol. The van der Waals surface area contributed by atoms with E-state index in [1.807, 2.05) is 0 Å². The van der Waals surface area contributed by atoms with Crippen molar-refractivity contribution in [2.75, 3.05) is 0 Å². The average Bonchev–Trinajstić information content (AvgIpc) is 1.12. The molecule has 0 heterocycles. The van der Waals surface area contributed by atoms with Gasteiger partial charge < -0.3 is 0 Å². The van der Waals surface area contributed by atoms with Gasteiger partial charge in [0.25, 0.3) is 0 Å². The Bertz CT molecular complexity index is 208. The van der Waals surface area contributed by atoms with Crippen LogP contribution in [0.25, 0.3) is 0 Å². The van der Waals surface area contributed by atoms with Gasteiger partial charge in [0.1, 0.15) is 0 Å². The van der Waals surface area contributed by atoms with Gasteiger partial charge in [-0.15, -0.1) is 0 Å². The summed E-state index contributed by atoms with van der Waals surface area (Å²) in [6.45, 7) is 0. The average molecular weight is 317 g/mol. The predicted octanol–water partition coefficient (Wildman–Crippen LogP) is -2.22. The summed E-state index contributed by atoms with van der Waals surface area (Å²) in [6, 6.07) is 0. The van der Waals surface area contributed by atoms with E-state index in [0.717, 1.165) is 0 Å². The molecule has 0 aromatic carbocycles. The topological polar surface area (TPSA) is 149 Å². The van der Waals surface area contributed by atoms with E-state index in [-0.39, 0.29) is 23.9 Å². The molecular formula is H6O8S2Sn. The van der Waals surface area contributed by atoms with Crippen LogP contribution in [0.5, 0.6) is 0 Å². The molecule has 0 unspecified atom stereocenters. The van der Waals surface area contributed by atoms with E-state index in [4.69, 9.17) is 35.0 Å². The van der Waals surface area contributed by atoms with Crippen LogP contribution < -0.4 is 0 Å². The third kappa shape index (κ3) is 2650. The van der Waals surface area contributed by atoms with Crippen molar-refractivity contribution < 1.29 is 35.0 Å². The second-order valence-corrected chi connectivity index (χ2v) is 2.69. The Labute approximate surface area is 79.7 Å². The Morgan fingerprint density at radius 3 is 0.636 bits per heavy atom. The fourth-order valence-electron chi connectivity index (χ4n) is 0. The Kier molecular flexibility index (Phi) is 9.75. The van der Waals surface area contributed by atoms with Crippen LogP contribution in [0.4, 0.5) is 0 Å². The van der Waals surface area contributed by atoms with E-state index in [2.05, 4.69) is 0 Å². The molecule has 0 atom stereocenters. The minimum absolute atomic E-state index is 0. The van der Waals surface area contributed by atoms with Gasteiger partial charge in [0.15, 0.2) is 0 Å². The van der Waals surface area contributed by atoms with Crippen LogP contribution >= 0.6 is 0 Å². The second-order valence-electron chi connectivity index (χ2n) is 0.896. The summed E-state index contributed by atoms with van der Waals surface area (Å²) < 4.78 is 63.2. The zero-order valence-electron chi connectivity index (χ0n) is 4.95. The summed E-state index contributed by atoms with van der Waals surface area (Å²) in [5, 5.41) is 0. The number of hydrogen-bond acceptors (Lipinski definition) is 4. The van der Waals surface area contributed by atoms with Crippen LogP contribution in [0.15, 0.2) is 0 Å². The van der Waals surface area contributed by atoms with Gasteiger partial charge in [-0.05, 0) is 0 Å². The summed E-state index contributed by atoms with van der Waals surface area (Å²) in [6.07, 6.45) is 0. The van der Waals surface area contributed by atoms with Crippen molar-refractivity contribution in [3.05, 3.63) is 0 Å². The van der Waals surface area contributed by atoms with Crippen LogP contribution in [-0.2, 0) is 20.8 Å². The van der Waals surface area contributed by atoms with E-state index in [1.165, 1.54) is 0 Å². The summed E-state index contributed by atoms with van der Waals surface area (Å²) >= 11 is 0. The quantitative estimate of drug-likeness (QED) is 0.290. The van der Waals surface area contributed by atoms with Crippen LogP contribution in [0.2, 0.25) is 0 Å². The Hall–Kier alpha value is 0.539. The van der Waals surface area contributed by atoms with Crippen LogP contribution in [0.3, 0.4) is 0 Å². The van der Waals surface area contributed by atoms with Crippen LogP contribution in [-0.4, -0.2) is 59.0 Å². The fourth-order valence-corrected chi connectivity index (χ4v) is 0. The van der Waals surface area contributed by atoms with Gasteiger partial charge >= 0.3 is 44.7 Å². The molecule has 4 N–H and O–H groups in total. The molecule has 0 aliphatic heterocycles. The molecule has 0 rings (SSSR count). The van der Waals surface area contributed by atoms with Gasteiger partial charge in [-0.2, -0.15) is 16.8 Å². The van der Waals surface area contributed by atoms with Gasteiger partial charge in [-0.1, -0.05) is 0 Å². The maximum atomic E-state index is 8.74. The normalized spacial score (nSPS) is 10.5. The maximum absolute atomic E-state index is 8.74. The number of rotatable bonds is 0. The third-order valence-electron chi connectivity index (χ3n) is 0. The third-order valence-corrected chi connectivity index (χ3v) is 0. The van der Waals surface area contributed by atoms with Crippen molar-refractivity contribution in [3.63, 3.8) is 0 Å². The Balaban J connectivity index is -0.000000107. The predicted molar refractivity (Wildman–Crippen MR) is 36.9 cm³/mol. The molecule has 2 radical (unpaired) electrons. The van der Waals surface area contributed by atoms with Crippen molar-refractivity contribution in [2.45, 2.75) is 0 Å². The minimum atomic E-state index is -4.67. The number of hydrogen-bond donors (Lipinski definition) is 4. The monoisotopic (exact) mass is 318 g/mol. The molecule has 0 aliphatic rings.